The first-order chi connectivity index (χ1) is 13.2. The normalized spacial score (nSPS) is 15.2. The molecular formula is C18H19N5O4S. The summed E-state index contributed by atoms with van der Waals surface area (Å²) in [6.45, 7) is 4.94. The zero-order valence-corrected chi connectivity index (χ0v) is 16.3. The van der Waals surface area contributed by atoms with E-state index in [1.807, 2.05) is 19.9 Å². The minimum Gasteiger partial charge on any atom is -0.353 e. The summed E-state index contributed by atoms with van der Waals surface area (Å²) in [5.41, 5.74) is 1.78. The highest BCUT2D eigenvalue weighted by Gasteiger charge is 2.30. The minimum atomic E-state index is -3.61. The summed E-state index contributed by atoms with van der Waals surface area (Å²) in [6.07, 6.45) is 1.11. The fraction of sp³-hybridized carbons (Fsp3) is 0.333. The van der Waals surface area contributed by atoms with Gasteiger partial charge in [0.15, 0.2) is 0 Å². The van der Waals surface area contributed by atoms with Crippen molar-refractivity contribution in [1.29, 1.82) is 5.26 Å². The second-order valence-electron chi connectivity index (χ2n) is 6.57. The average molecular weight is 401 g/mol. The molecule has 0 unspecified atom stereocenters. The molecule has 1 aromatic carbocycles. The first-order valence-electron chi connectivity index (χ1n) is 8.61. The standard InChI is InChI=1S/C18H19N5O4S/c1-13-3-4-17(9-14(13)2)28(26,27)22-7-5-21(6-8-22)18-15(11-19)10-16(12-20-18)23(24)25/h3-4,9-10,12H,5-8H2,1-2H3. The van der Waals surface area contributed by atoms with Gasteiger partial charge in [0.1, 0.15) is 23.6 Å². The number of benzene rings is 1. The molecule has 0 N–H and O–H groups in total. The van der Waals surface area contributed by atoms with Crippen LogP contribution in [0.1, 0.15) is 16.7 Å². The predicted molar refractivity (Wildman–Crippen MR) is 102 cm³/mol. The number of nitro groups is 1. The minimum absolute atomic E-state index is 0.0969. The maximum Gasteiger partial charge on any atom is 0.289 e. The van der Waals surface area contributed by atoms with Gasteiger partial charge in [-0.2, -0.15) is 9.57 Å². The maximum absolute atomic E-state index is 12.9. The predicted octanol–water partition coefficient (Wildman–Crippen LogP) is 1.99. The van der Waals surface area contributed by atoms with E-state index < -0.39 is 14.9 Å². The average Bonchev–Trinajstić information content (AvgIpc) is 2.69. The molecule has 1 saturated heterocycles. The Labute approximate surface area is 163 Å². The Morgan fingerprint density at radius 2 is 1.82 bits per heavy atom. The molecule has 0 saturated carbocycles. The van der Waals surface area contributed by atoms with E-state index in [0.29, 0.717) is 18.9 Å². The molecular weight excluding hydrogens is 382 g/mol. The van der Waals surface area contributed by atoms with Crippen LogP contribution in [0.5, 0.6) is 0 Å². The lowest BCUT2D eigenvalue weighted by Gasteiger charge is -2.35. The van der Waals surface area contributed by atoms with E-state index in [-0.39, 0.29) is 29.2 Å². The van der Waals surface area contributed by atoms with E-state index in [0.717, 1.165) is 17.3 Å². The summed E-state index contributed by atoms with van der Waals surface area (Å²) in [5, 5.41) is 20.1. The number of hydrogen-bond donors (Lipinski definition) is 0. The number of pyridine rings is 1. The number of rotatable bonds is 4. The highest BCUT2D eigenvalue weighted by atomic mass is 32.2. The lowest BCUT2D eigenvalue weighted by atomic mass is 10.1. The molecule has 0 atom stereocenters. The van der Waals surface area contributed by atoms with Crippen molar-refractivity contribution in [3.8, 4) is 6.07 Å². The summed E-state index contributed by atoms with van der Waals surface area (Å²) in [6, 6.07) is 8.17. The molecule has 3 rings (SSSR count). The third-order valence-electron chi connectivity index (χ3n) is 4.84. The van der Waals surface area contributed by atoms with E-state index in [9.17, 15) is 23.8 Å². The monoisotopic (exact) mass is 401 g/mol. The molecule has 0 amide bonds. The molecule has 28 heavy (non-hydrogen) atoms. The van der Waals surface area contributed by atoms with Crippen LogP contribution in [0.2, 0.25) is 0 Å². The van der Waals surface area contributed by atoms with Gasteiger partial charge in [0, 0.05) is 32.2 Å². The van der Waals surface area contributed by atoms with Crippen LogP contribution in [0.25, 0.3) is 0 Å². The van der Waals surface area contributed by atoms with Gasteiger partial charge < -0.3 is 4.90 Å². The third-order valence-corrected chi connectivity index (χ3v) is 6.73. The molecule has 1 fully saturated rings. The molecule has 1 aliphatic rings. The number of hydrogen-bond acceptors (Lipinski definition) is 7. The number of sulfonamides is 1. The molecule has 2 heterocycles. The van der Waals surface area contributed by atoms with Gasteiger partial charge in [0.05, 0.1) is 9.82 Å². The second-order valence-corrected chi connectivity index (χ2v) is 8.51. The van der Waals surface area contributed by atoms with Crippen LogP contribution in [0, 0.1) is 35.3 Å². The Morgan fingerprint density at radius 3 is 2.39 bits per heavy atom. The van der Waals surface area contributed by atoms with Gasteiger partial charge in [-0.3, -0.25) is 10.1 Å². The highest BCUT2D eigenvalue weighted by Crippen LogP contribution is 2.25. The number of nitrogens with zero attached hydrogens (tertiary/aromatic N) is 5. The number of piperazine rings is 1. The van der Waals surface area contributed by atoms with Crippen molar-refractivity contribution >= 4 is 21.5 Å². The Balaban J connectivity index is 1.78. The van der Waals surface area contributed by atoms with Crippen molar-refractivity contribution in [1.82, 2.24) is 9.29 Å². The van der Waals surface area contributed by atoms with Gasteiger partial charge in [0.2, 0.25) is 10.0 Å². The molecule has 10 heteroatoms. The fourth-order valence-corrected chi connectivity index (χ4v) is 4.55. The van der Waals surface area contributed by atoms with E-state index >= 15 is 0 Å². The van der Waals surface area contributed by atoms with Gasteiger partial charge in [-0.25, -0.2) is 13.4 Å². The van der Waals surface area contributed by atoms with E-state index in [4.69, 9.17) is 0 Å². The first-order valence-corrected chi connectivity index (χ1v) is 10.0. The van der Waals surface area contributed by atoms with E-state index in [1.165, 1.54) is 10.4 Å². The van der Waals surface area contributed by atoms with Crippen LogP contribution in [-0.2, 0) is 10.0 Å². The van der Waals surface area contributed by atoms with E-state index in [1.54, 1.807) is 23.1 Å². The lowest BCUT2D eigenvalue weighted by Crippen LogP contribution is -2.49. The second kappa shape index (κ2) is 7.53. The Morgan fingerprint density at radius 1 is 1.14 bits per heavy atom. The molecule has 0 spiro atoms. The summed E-state index contributed by atoms with van der Waals surface area (Å²) < 4.78 is 27.2. The van der Waals surface area contributed by atoms with Crippen molar-refractivity contribution in [3.05, 3.63) is 57.3 Å². The summed E-state index contributed by atoms with van der Waals surface area (Å²) in [4.78, 5) is 16.3. The molecule has 146 valence electrons. The molecule has 9 nitrogen and oxygen atoms in total. The van der Waals surface area contributed by atoms with Gasteiger partial charge in [-0.1, -0.05) is 6.07 Å². The summed E-state index contributed by atoms with van der Waals surface area (Å²) in [7, 11) is -3.61. The maximum atomic E-state index is 12.9. The number of aryl methyl sites for hydroxylation is 2. The summed E-state index contributed by atoms with van der Waals surface area (Å²) in [5.74, 6) is 0.330. The largest absolute Gasteiger partial charge is 0.353 e. The van der Waals surface area contributed by atoms with Crippen LogP contribution < -0.4 is 4.90 Å². The van der Waals surface area contributed by atoms with Crippen molar-refractivity contribution in [2.24, 2.45) is 0 Å². The van der Waals surface area contributed by atoms with Crippen LogP contribution in [-0.4, -0.2) is 48.8 Å². The summed E-state index contributed by atoms with van der Waals surface area (Å²) >= 11 is 0. The Kier molecular flexibility index (Phi) is 5.31. The molecule has 0 aliphatic carbocycles. The molecule has 0 bridgehead atoms. The number of anilines is 1. The van der Waals surface area contributed by atoms with Crippen LogP contribution in [0.15, 0.2) is 35.4 Å². The van der Waals surface area contributed by atoms with Crippen molar-refractivity contribution in [3.63, 3.8) is 0 Å². The Hall–Kier alpha value is -3.03. The zero-order valence-electron chi connectivity index (χ0n) is 15.5. The van der Waals surface area contributed by atoms with Gasteiger partial charge in [-0.05, 0) is 37.1 Å². The van der Waals surface area contributed by atoms with Gasteiger partial charge >= 0.3 is 0 Å². The van der Waals surface area contributed by atoms with Crippen molar-refractivity contribution in [2.45, 2.75) is 18.7 Å². The molecule has 1 aromatic heterocycles. The SMILES string of the molecule is Cc1ccc(S(=O)(=O)N2CCN(c3ncc([N+](=O)[O-])cc3C#N)CC2)cc1C. The number of aromatic nitrogens is 1. The first kappa shape index (κ1) is 19.7. The van der Waals surface area contributed by atoms with Crippen molar-refractivity contribution in [2.75, 3.05) is 31.1 Å². The lowest BCUT2D eigenvalue weighted by molar-refractivity contribution is -0.385. The van der Waals surface area contributed by atoms with Crippen LogP contribution in [0.3, 0.4) is 0 Å². The Bertz CT molecular complexity index is 1070. The zero-order chi connectivity index (χ0) is 20.5. The van der Waals surface area contributed by atoms with Crippen LogP contribution >= 0.6 is 0 Å². The molecule has 2 aromatic rings. The van der Waals surface area contributed by atoms with Gasteiger partial charge in [0.25, 0.3) is 5.69 Å². The molecule has 1 aliphatic heterocycles. The van der Waals surface area contributed by atoms with Gasteiger partial charge in [-0.15, -0.1) is 0 Å². The third kappa shape index (κ3) is 3.67. The quantitative estimate of drug-likeness (QED) is 0.567. The smallest absolute Gasteiger partial charge is 0.289 e. The highest BCUT2D eigenvalue weighted by molar-refractivity contribution is 7.89. The topological polar surface area (TPSA) is 120 Å². The fourth-order valence-electron chi connectivity index (χ4n) is 3.04. The molecule has 0 radical (unpaired) electrons. The van der Waals surface area contributed by atoms with Crippen molar-refractivity contribution < 1.29 is 13.3 Å². The number of nitriles is 1. The van der Waals surface area contributed by atoms with E-state index in [2.05, 4.69) is 4.98 Å². The van der Waals surface area contributed by atoms with Crippen LogP contribution in [0.4, 0.5) is 11.5 Å².